The Labute approximate surface area is 78.8 Å². The first-order valence-corrected chi connectivity index (χ1v) is 4.41. The SMILES string of the molecule is CC(=O)C(C(N)=O)c1csc(N)n1. The number of amides is 1. The van der Waals surface area contributed by atoms with Gasteiger partial charge in [-0.2, -0.15) is 0 Å². The zero-order valence-corrected chi connectivity index (χ0v) is 7.80. The molecule has 6 heteroatoms. The van der Waals surface area contributed by atoms with Gasteiger partial charge in [0.15, 0.2) is 5.13 Å². The zero-order chi connectivity index (χ0) is 10.0. The molecule has 5 nitrogen and oxygen atoms in total. The van der Waals surface area contributed by atoms with E-state index in [4.69, 9.17) is 11.5 Å². The summed E-state index contributed by atoms with van der Waals surface area (Å²) in [5.41, 5.74) is 10.7. The lowest BCUT2D eigenvalue weighted by molar-refractivity contribution is -0.127. The van der Waals surface area contributed by atoms with E-state index in [2.05, 4.69) is 4.98 Å². The molecular formula is C7H9N3O2S. The quantitative estimate of drug-likeness (QED) is 0.663. The molecule has 1 heterocycles. The Morgan fingerprint density at radius 3 is 2.54 bits per heavy atom. The van der Waals surface area contributed by atoms with Crippen molar-refractivity contribution in [2.75, 3.05) is 5.73 Å². The van der Waals surface area contributed by atoms with Crippen molar-refractivity contribution < 1.29 is 9.59 Å². The van der Waals surface area contributed by atoms with Gasteiger partial charge < -0.3 is 11.5 Å². The van der Waals surface area contributed by atoms with Gasteiger partial charge in [0.1, 0.15) is 11.7 Å². The molecule has 0 aliphatic rings. The average molecular weight is 199 g/mol. The summed E-state index contributed by atoms with van der Waals surface area (Å²) in [5, 5.41) is 1.88. The smallest absolute Gasteiger partial charge is 0.234 e. The minimum atomic E-state index is -0.964. The van der Waals surface area contributed by atoms with Crippen LogP contribution in [0, 0.1) is 0 Å². The van der Waals surface area contributed by atoms with Crippen LogP contribution < -0.4 is 11.5 Å². The van der Waals surface area contributed by atoms with Crippen molar-refractivity contribution in [2.45, 2.75) is 12.8 Å². The Bertz CT molecular complexity index is 333. The van der Waals surface area contributed by atoms with Gasteiger partial charge in [0.25, 0.3) is 0 Å². The number of ketones is 1. The zero-order valence-electron chi connectivity index (χ0n) is 6.98. The van der Waals surface area contributed by atoms with Gasteiger partial charge in [0.05, 0.1) is 5.69 Å². The van der Waals surface area contributed by atoms with Gasteiger partial charge >= 0.3 is 0 Å². The summed E-state index contributed by atoms with van der Waals surface area (Å²) in [7, 11) is 0. The summed E-state index contributed by atoms with van der Waals surface area (Å²) in [6, 6.07) is 0. The van der Waals surface area contributed by atoms with Crippen molar-refractivity contribution in [3.63, 3.8) is 0 Å². The molecule has 0 aromatic carbocycles. The van der Waals surface area contributed by atoms with Crippen LogP contribution in [0.1, 0.15) is 18.5 Å². The second-order valence-electron chi connectivity index (χ2n) is 2.56. The standard InChI is InChI=1S/C7H9N3O2S/c1-3(11)5(6(8)12)4-2-13-7(9)10-4/h2,5H,1H3,(H2,8,12)(H2,9,10). The number of primary amides is 1. The van der Waals surface area contributed by atoms with E-state index in [0.717, 1.165) is 0 Å². The number of hydrogen-bond acceptors (Lipinski definition) is 5. The number of carbonyl (C=O) groups is 2. The predicted molar refractivity (Wildman–Crippen MR) is 49.1 cm³/mol. The van der Waals surface area contributed by atoms with Gasteiger partial charge in [0.2, 0.25) is 5.91 Å². The molecule has 0 bridgehead atoms. The Hall–Kier alpha value is -1.43. The summed E-state index contributed by atoms with van der Waals surface area (Å²) in [4.78, 5) is 25.7. The lowest BCUT2D eigenvalue weighted by Crippen LogP contribution is -2.27. The van der Waals surface area contributed by atoms with Crippen LogP contribution in [-0.4, -0.2) is 16.7 Å². The minimum Gasteiger partial charge on any atom is -0.375 e. The summed E-state index contributed by atoms with van der Waals surface area (Å²) in [6.07, 6.45) is 0. The maximum absolute atomic E-state index is 11.0. The second-order valence-corrected chi connectivity index (χ2v) is 3.45. The molecule has 0 spiro atoms. The Kier molecular flexibility index (Phi) is 2.62. The first kappa shape index (κ1) is 9.66. The van der Waals surface area contributed by atoms with Crippen LogP contribution in [-0.2, 0) is 9.59 Å². The first-order chi connectivity index (χ1) is 6.02. The highest BCUT2D eigenvalue weighted by molar-refractivity contribution is 7.13. The van der Waals surface area contributed by atoms with Crippen molar-refractivity contribution in [3.8, 4) is 0 Å². The van der Waals surface area contributed by atoms with Crippen LogP contribution >= 0.6 is 11.3 Å². The Balaban J connectivity index is 3.02. The highest BCUT2D eigenvalue weighted by Crippen LogP contribution is 2.20. The molecule has 1 atom stereocenters. The number of anilines is 1. The third kappa shape index (κ3) is 2.03. The molecule has 0 radical (unpaired) electrons. The van der Waals surface area contributed by atoms with Crippen LogP contribution in [0.2, 0.25) is 0 Å². The van der Waals surface area contributed by atoms with Crippen LogP contribution in [0.3, 0.4) is 0 Å². The predicted octanol–water partition coefficient (Wildman–Crippen LogP) is -0.117. The Morgan fingerprint density at radius 2 is 2.23 bits per heavy atom. The molecule has 0 fully saturated rings. The summed E-state index contributed by atoms with van der Waals surface area (Å²) >= 11 is 1.17. The van der Waals surface area contributed by atoms with E-state index in [1.165, 1.54) is 18.3 Å². The molecule has 0 aliphatic heterocycles. The third-order valence-electron chi connectivity index (χ3n) is 1.53. The van der Waals surface area contributed by atoms with Gasteiger partial charge in [-0.05, 0) is 6.92 Å². The van der Waals surface area contributed by atoms with E-state index in [9.17, 15) is 9.59 Å². The molecular weight excluding hydrogens is 190 g/mol. The van der Waals surface area contributed by atoms with E-state index in [1.54, 1.807) is 5.38 Å². The van der Waals surface area contributed by atoms with Gasteiger partial charge in [0, 0.05) is 5.38 Å². The van der Waals surface area contributed by atoms with E-state index in [-0.39, 0.29) is 5.78 Å². The first-order valence-electron chi connectivity index (χ1n) is 3.53. The van der Waals surface area contributed by atoms with Crippen molar-refractivity contribution in [1.29, 1.82) is 0 Å². The average Bonchev–Trinajstić information content (AvgIpc) is 2.34. The number of rotatable bonds is 3. The highest BCUT2D eigenvalue weighted by atomic mass is 32.1. The Morgan fingerprint density at radius 1 is 1.62 bits per heavy atom. The van der Waals surface area contributed by atoms with Crippen LogP contribution in [0.4, 0.5) is 5.13 Å². The normalized spacial score (nSPS) is 12.4. The molecule has 4 N–H and O–H groups in total. The number of hydrogen-bond donors (Lipinski definition) is 2. The molecule has 0 saturated carbocycles. The van der Waals surface area contributed by atoms with Gasteiger partial charge in [-0.25, -0.2) is 4.98 Å². The number of thiazole rings is 1. The molecule has 70 valence electrons. The van der Waals surface area contributed by atoms with Gasteiger partial charge in [-0.15, -0.1) is 11.3 Å². The van der Waals surface area contributed by atoms with Crippen molar-refractivity contribution >= 4 is 28.2 Å². The van der Waals surface area contributed by atoms with Crippen molar-refractivity contribution in [3.05, 3.63) is 11.1 Å². The number of Topliss-reactive ketones (excluding diaryl/α,β-unsaturated/α-hetero) is 1. The number of nitrogens with zero attached hydrogens (tertiary/aromatic N) is 1. The highest BCUT2D eigenvalue weighted by Gasteiger charge is 2.25. The number of nitrogens with two attached hydrogens (primary N) is 2. The fraction of sp³-hybridized carbons (Fsp3) is 0.286. The van der Waals surface area contributed by atoms with Gasteiger partial charge in [-0.1, -0.05) is 0 Å². The topological polar surface area (TPSA) is 99.1 Å². The lowest BCUT2D eigenvalue weighted by Gasteiger charge is -2.04. The van der Waals surface area contributed by atoms with Crippen molar-refractivity contribution in [2.24, 2.45) is 5.73 Å². The summed E-state index contributed by atoms with van der Waals surface area (Å²) in [6.45, 7) is 1.30. The van der Waals surface area contributed by atoms with E-state index < -0.39 is 11.8 Å². The van der Waals surface area contributed by atoms with E-state index >= 15 is 0 Å². The van der Waals surface area contributed by atoms with Crippen molar-refractivity contribution in [1.82, 2.24) is 4.98 Å². The molecule has 1 rings (SSSR count). The van der Waals surface area contributed by atoms with E-state index in [0.29, 0.717) is 10.8 Å². The minimum absolute atomic E-state index is 0.321. The molecule has 0 aliphatic carbocycles. The molecule has 1 aromatic heterocycles. The summed E-state index contributed by atoms with van der Waals surface area (Å²) < 4.78 is 0. The molecule has 1 aromatic rings. The van der Waals surface area contributed by atoms with Gasteiger partial charge in [-0.3, -0.25) is 9.59 Å². The second kappa shape index (κ2) is 3.53. The maximum Gasteiger partial charge on any atom is 0.234 e. The van der Waals surface area contributed by atoms with Crippen LogP contribution in [0.15, 0.2) is 5.38 Å². The fourth-order valence-electron chi connectivity index (χ4n) is 0.988. The fourth-order valence-corrected chi connectivity index (χ4v) is 1.58. The van der Waals surface area contributed by atoms with E-state index in [1.807, 2.05) is 0 Å². The molecule has 1 unspecified atom stereocenters. The number of carbonyl (C=O) groups excluding carboxylic acids is 2. The maximum atomic E-state index is 11.0. The van der Waals surface area contributed by atoms with Crippen LogP contribution in [0.5, 0.6) is 0 Å². The molecule has 13 heavy (non-hydrogen) atoms. The largest absolute Gasteiger partial charge is 0.375 e. The third-order valence-corrected chi connectivity index (χ3v) is 2.22. The number of aromatic nitrogens is 1. The molecule has 0 saturated heterocycles. The number of nitrogen functional groups attached to an aromatic ring is 1. The lowest BCUT2D eigenvalue weighted by atomic mass is 10.0. The summed E-state index contributed by atoms with van der Waals surface area (Å²) in [5.74, 6) is -1.98. The molecule has 1 amide bonds. The monoisotopic (exact) mass is 199 g/mol. The van der Waals surface area contributed by atoms with Crippen LogP contribution in [0.25, 0.3) is 0 Å².